The monoisotopic (exact) mass is 1270 g/mol. The van der Waals surface area contributed by atoms with E-state index in [4.69, 9.17) is 8.83 Å². The van der Waals surface area contributed by atoms with Gasteiger partial charge in [-0.05, 0) is 223 Å². The van der Waals surface area contributed by atoms with Crippen molar-refractivity contribution in [2.75, 3.05) is 0 Å². The molecule has 0 unspecified atom stereocenters. The van der Waals surface area contributed by atoms with Crippen molar-refractivity contribution in [2.45, 2.75) is 0 Å². The molecule has 0 atom stereocenters. The molecule has 0 aliphatic carbocycles. The Bertz CT molecular complexity index is 7110. The molecular formula is C96H56N2O2. The Labute approximate surface area is 573 Å². The van der Waals surface area contributed by atoms with Gasteiger partial charge in [-0.3, -0.25) is 0 Å². The highest BCUT2D eigenvalue weighted by Gasteiger charge is 2.24. The first-order valence-electron chi connectivity index (χ1n) is 34.4. The van der Waals surface area contributed by atoms with Gasteiger partial charge in [-0.25, -0.2) is 0 Å². The van der Waals surface area contributed by atoms with Gasteiger partial charge in [0.05, 0.1) is 22.1 Å². The summed E-state index contributed by atoms with van der Waals surface area (Å²) in [7, 11) is 0. The van der Waals surface area contributed by atoms with Crippen LogP contribution in [0.5, 0.6) is 0 Å². The highest BCUT2D eigenvalue weighted by molar-refractivity contribution is 6.25. The van der Waals surface area contributed by atoms with Gasteiger partial charge in [-0.15, -0.1) is 0 Å². The number of benzene rings is 18. The first-order valence-corrected chi connectivity index (χ1v) is 34.4. The Morgan fingerprint density at radius 1 is 0.170 bits per heavy atom. The second-order valence-corrected chi connectivity index (χ2v) is 26.9. The number of rotatable bonds is 7. The maximum absolute atomic E-state index is 6.90. The SMILES string of the molecule is c1cc(-c2c3ccccc3c(-c3ccc4oc5cc6ccccc6cc5c4c3)c3ccccc23)cc(-n2c3ccccc3c3cc(-c4cccc5cc6c(cc45)oc4ccc(-c5c7ccccc7c(-c7ccc(-n8c9ccccc9c9ccccc98)cc7)c7ccccc57)cc46)ccc32)c1. The van der Waals surface area contributed by atoms with Crippen molar-refractivity contribution < 1.29 is 8.83 Å². The predicted molar refractivity (Wildman–Crippen MR) is 422 cm³/mol. The number of hydrogen-bond acceptors (Lipinski definition) is 2. The highest BCUT2D eigenvalue weighted by atomic mass is 16.3. The molecule has 22 aromatic rings. The molecule has 4 nitrogen and oxygen atoms in total. The lowest BCUT2D eigenvalue weighted by molar-refractivity contribution is 0.669. The molecule has 0 radical (unpaired) electrons. The van der Waals surface area contributed by atoms with Gasteiger partial charge in [0, 0.05) is 54.5 Å². The van der Waals surface area contributed by atoms with E-state index in [0.717, 1.165) is 99.3 Å². The molecule has 4 heteroatoms. The van der Waals surface area contributed by atoms with Crippen LogP contribution >= 0.6 is 0 Å². The predicted octanol–water partition coefficient (Wildman–Crippen LogP) is 26.9. The van der Waals surface area contributed by atoms with E-state index in [1.54, 1.807) is 0 Å². The van der Waals surface area contributed by atoms with Crippen LogP contribution in [0.15, 0.2) is 349 Å². The van der Waals surface area contributed by atoms with Crippen LogP contribution in [0.4, 0.5) is 0 Å². The van der Waals surface area contributed by atoms with Crippen LogP contribution in [0.25, 0.3) is 219 Å². The Hall–Kier alpha value is -13.3. The number of para-hydroxylation sites is 3. The van der Waals surface area contributed by atoms with Crippen molar-refractivity contribution in [1.82, 2.24) is 9.13 Å². The quantitative estimate of drug-likeness (QED) is 0.149. The Morgan fingerprint density at radius 3 is 1.06 bits per heavy atom. The van der Waals surface area contributed by atoms with Crippen LogP contribution in [0.2, 0.25) is 0 Å². The van der Waals surface area contributed by atoms with Gasteiger partial charge >= 0.3 is 0 Å². The van der Waals surface area contributed by atoms with Gasteiger partial charge in [0.1, 0.15) is 22.3 Å². The minimum atomic E-state index is 0.868. The lowest BCUT2D eigenvalue weighted by atomic mass is 9.85. The number of aromatic nitrogens is 2. The van der Waals surface area contributed by atoms with Gasteiger partial charge in [0.25, 0.3) is 0 Å². The molecule has 0 amide bonds. The van der Waals surface area contributed by atoms with Crippen LogP contribution in [-0.2, 0) is 0 Å². The maximum atomic E-state index is 6.90. The first kappa shape index (κ1) is 54.9. The minimum absolute atomic E-state index is 0.868. The van der Waals surface area contributed by atoms with Crippen molar-refractivity contribution >= 4 is 152 Å². The van der Waals surface area contributed by atoms with Gasteiger partial charge in [0.2, 0.25) is 0 Å². The third-order valence-electron chi connectivity index (χ3n) is 21.6. The van der Waals surface area contributed by atoms with Crippen molar-refractivity contribution in [3.8, 4) is 67.0 Å². The Kier molecular flexibility index (Phi) is 11.6. The largest absolute Gasteiger partial charge is 0.456 e. The molecule has 0 aliphatic rings. The zero-order chi connectivity index (χ0) is 65.3. The fourth-order valence-corrected chi connectivity index (χ4v) is 17.3. The summed E-state index contributed by atoms with van der Waals surface area (Å²) in [5.41, 5.74) is 22.4. The van der Waals surface area contributed by atoms with E-state index in [-0.39, 0.29) is 0 Å². The van der Waals surface area contributed by atoms with Crippen LogP contribution in [0, 0.1) is 0 Å². The third kappa shape index (κ3) is 8.04. The second kappa shape index (κ2) is 21.1. The molecule has 4 heterocycles. The summed E-state index contributed by atoms with van der Waals surface area (Å²) >= 11 is 0. The normalized spacial score (nSPS) is 12.2. The van der Waals surface area contributed by atoms with Gasteiger partial charge < -0.3 is 18.0 Å². The van der Waals surface area contributed by atoms with Crippen molar-refractivity contribution in [1.29, 1.82) is 0 Å². The maximum Gasteiger partial charge on any atom is 0.136 e. The summed E-state index contributed by atoms with van der Waals surface area (Å²) in [5, 5.41) is 23.8. The van der Waals surface area contributed by atoms with E-state index in [1.165, 1.54) is 120 Å². The van der Waals surface area contributed by atoms with E-state index in [0.29, 0.717) is 0 Å². The molecule has 100 heavy (non-hydrogen) atoms. The summed E-state index contributed by atoms with van der Waals surface area (Å²) in [6.07, 6.45) is 0. The van der Waals surface area contributed by atoms with Crippen molar-refractivity contribution in [2.24, 2.45) is 0 Å². The van der Waals surface area contributed by atoms with Crippen LogP contribution in [-0.4, -0.2) is 9.13 Å². The molecule has 0 N–H and O–H groups in total. The fraction of sp³-hybridized carbons (Fsp3) is 0. The zero-order valence-electron chi connectivity index (χ0n) is 54.0. The number of hydrogen-bond donors (Lipinski definition) is 0. The number of fused-ring (bicyclic) bond motifs is 18. The Morgan fingerprint density at radius 2 is 0.530 bits per heavy atom. The fourth-order valence-electron chi connectivity index (χ4n) is 17.3. The van der Waals surface area contributed by atoms with E-state index >= 15 is 0 Å². The first-order chi connectivity index (χ1) is 49.6. The lowest BCUT2D eigenvalue weighted by Gasteiger charge is -2.18. The highest BCUT2D eigenvalue weighted by Crippen LogP contribution is 2.49. The smallest absolute Gasteiger partial charge is 0.136 e. The molecule has 0 saturated carbocycles. The van der Waals surface area contributed by atoms with Crippen LogP contribution in [0.3, 0.4) is 0 Å². The number of furan rings is 2. The summed E-state index contributed by atoms with van der Waals surface area (Å²) in [6, 6.07) is 125. The minimum Gasteiger partial charge on any atom is -0.456 e. The molecule has 4 aromatic heterocycles. The second-order valence-electron chi connectivity index (χ2n) is 26.9. The Balaban J connectivity index is 0.632. The van der Waals surface area contributed by atoms with E-state index < -0.39 is 0 Å². The molecule has 0 spiro atoms. The molecule has 18 aromatic carbocycles. The summed E-state index contributed by atoms with van der Waals surface area (Å²) in [4.78, 5) is 0. The molecule has 0 bridgehead atoms. The standard InChI is InChI=1S/C96H56N2O2/c1-2-20-59-55-91-83(50-58(59)19-1)81-53-63(42-47-89(81)99-91)96-77-33-9-7-31-75(77)94(76-32-8-10-34-78(76)96)62-22-17-23-66(49-62)98-87-38-16-13-26-70(87)80-51-61(41-46-88(80)98)67-35-18-21-60-52-84-82-54-64(43-48-90(82)100-92(84)56-79(60)67)95-73-29-5-3-27-71(73)93(72-28-4-6-30-74(72)95)57-39-44-65(45-40-57)97-85-36-14-11-24-68(85)69-25-12-15-37-86(69)97/h1-56H. The summed E-state index contributed by atoms with van der Waals surface area (Å²) in [5.74, 6) is 0. The van der Waals surface area contributed by atoms with Gasteiger partial charge in [-0.2, -0.15) is 0 Å². The summed E-state index contributed by atoms with van der Waals surface area (Å²) in [6.45, 7) is 0. The average Bonchev–Trinajstić information content (AvgIpc) is 1.77. The van der Waals surface area contributed by atoms with E-state index in [1.807, 2.05) is 0 Å². The third-order valence-corrected chi connectivity index (χ3v) is 21.6. The van der Waals surface area contributed by atoms with E-state index in [9.17, 15) is 0 Å². The molecule has 22 rings (SSSR count). The van der Waals surface area contributed by atoms with Crippen LogP contribution in [0.1, 0.15) is 0 Å². The van der Waals surface area contributed by atoms with Crippen molar-refractivity contribution in [3.63, 3.8) is 0 Å². The van der Waals surface area contributed by atoms with Gasteiger partial charge in [0.15, 0.2) is 0 Å². The topological polar surface area (TPSA) is 36.1 Å². The van der Waals surface area contributed by atoms with Gasteiger partial charge in [-0.1, -0.05) is 237 Å². The molecule has 0 saturated heterocycles. The molecule has 462 valence electrons. The molecule has 0 aliphatic heterocycles. The van der Waals surface area contributed by atoms with E-state index in [2.05, 4.69) is 349 Å². The summed E-state index contributed by atoms with van der Waals surface area (Å²) < 4.78 is 18.3. The van der Waals surface area contributed by atoms with Crippen molar-refractivity contribution in [3.05, 3.63) is 340 Å². The molecule has 0 fully saturated rings. The van der Waals surface area contributed by atoms with Crippen LogP contribution < -0.4 is 0 Å². The molecular weight excluding hydrogens is 1210 g/mol. The number of nitrogens with zero attached hydrogens (tertiary/aromatic N) is 2. The lowest BCUT2D eigenvalue weighted by Crippen LogP contribution is -1.95. The zero-order valence-corrected chi connectivity index (χ0v) is 54.0. The average molecular weight is 1270 g/mol.